The van der Waals surface area contributed by atoms with Crippen LogP contribution in [0.3, 0.4) is 0 Å². The Morgan fingerprint density at radius 3 is 1.91 bits per heavy atom. The largest absolute Gasteiger partial charge is 0.444 e. The van der Waals surface area contributed by atoms with Gasteiger partial charge in [-0.05, 0) is 79.6 Å². The van der Waals surface area contributed by atoms with Crippen molar-refractivity contribution in [1.82, 2.24) is 9.62 Å². The van der Waals surface area contributed by atoms with E-state index in [1.165, 1.54) is 23.1 Å². The van der Waals surface area contributed by atoms with E-state index in [1.54, 1.807) is 51.1 Å². The predicted molar refractivity (Wildman–Crippen MR) is 219 cm³/mol. The number of ether oxygens (including phenoxy) is 2. The van der Waals surface area contributed by atoms with Crippen molar-refractivity contribution in [2.45, 2.75) is 75.2 Å². The summed E-state index contributed by atoms with van der Waals surface area (Å²) in [6, 6.07) is 40.4. The van der Waals surface area contributed by atoms with Gasteiger partial charge in [0.05, 0.1) is 18.1 Å². The highest BCUT2D eigenvalue weighted by molar-refractivity contribution is 7.89. The van der Waals surface area contributed by atoms with Crippen molar-refractivity contribution in [3.05, 3.63) is 173 Å². The molecule has 0 fully saturated rings. The molecular formula is C46H51FN2O7S. The quantitative estimate of drug-likeness (QED) is 0.0873. The van der Waals surface area contributed by atoms with Crippen LogP contribution in [-0.4, -0.2) is 67.7 Å². The number of rotatable bonds is 19. The van der Waals surface area contributed by atoms with Gasteiger partial charge in [0.2, 0.25) is 10.0 Å². The Labute approximate surface area is 335 Å². The van der Waals surface area contributed by atoms with E-state index in [0.29, 0.717) is 5.56 Å². The number of benzene rings is 5. The Kier molecular flexibility index (Phi) is 15.3. The van der Waals surface area contributed by atoms with Crippen molar-refractivity contribution in [2.24, 2.45) is 0 Å². The van der Waals surface area contributed by atoms with Crippen LogP contribution in [0.1, 0.15) is 60.9 Å². The number of hydrogen-bond acceptors (Lipinski definition) is 7. The number of carbonyl (C=O) groups is 2. The Morgan fingerprint density at radius 2 is 1.35 bits per heavy atom. The lowest BCUT2D eigenvalue weighted by atomic mass is 9.83. The summed E-state index contributed by atoms with van der Waals surface area (Å²) in [5.74, 6) is -1.27. The number of amides is 1. The van der Waals surface area contributed by atoms with Gasteiger partial charge < -0.3 is 19.5 Å². The molecule has 0 spiro atoms. The van der Waals surface area contributed by atoms with Gasteiger partial charge in [0, 0.05) is 31.5 Å². The van der Waals surface area contributed by atoms with Crippen LogP contribution < -0.4 is 4.72 Å². The Balaban J connectivity index is 1.46. The molecule has 1 unspecified atom stereocenters. The first-order chi connectivity index (χ1) is 27.3. The third-order valence-electron chi connectivity index (χ3n) is 9.37. The first kappa shape index (κ1) is 42.9. The molecule has 2 atom stereocenters. The summed E-state index contributed by atoms with van der Waals surface area (Å²) in [5, 5.41) is 9.82. The van der Waals surface area contributed by atoms with Gasteiger partial charge in [-0.1, -0.05) is 121 Å². The minimum absolute atomic E-state index is 0.0195. The van der Waals surface area contributed by atoms with Crippen LogP contribution in [0.4, 0.5) is 9.18 Å². The highest BCUT2D eigenvalue weighted by atomic mass is 32.2. The highest BCUT2D eigenvalue weighted by Gasteiger charge is 2.33. The predicted octanol–water partition coefficient (Wildman–Crippen LogP) is 7.86. The number of Topliss-reactive ketones (excluding diaryl/α,β-unsaturated/α-hetero) is 1. The van der Waals surface area contributed by atoms with E-state index in [0.717, 1.165) is 16.7 Å². The maximum atomic E-state index is 15.9. The molecular weight excluding hydrogens is 744 g/mol. The van der Waals surface area contributed by atoms with Gasteiger partial charge in [0.25, 0.3) is 0 Å². The molecule has 1 amide bonds. The molecule has 2 N–H and O–H groups in total. The maximum Gasteiger partial charge on any atom is 0.410 e. The van der Waals surface area contributed by atoms with Crippen molar-refractivity contribution in [3.63, 3.8) is 0 Å². The number of carbonyl (C=O) groups excluding carboxylic acids is 2. The minimum atomic E-state index is -4.08. The van der Waals surface area contributed by atoms with Gasteiger partial charge in [-0.25, -0.2) is 22.3 Å². The van der Waals surface area contributed by atoms with Crippen LogP contribution in [0.2, 0.25) is 0 Å². The summed E-state index contributed by atoms with van der Waals surface area (Å²) in [7, 11) is -4.08. The van der Waals surface area contributed by atoms with Gasteiger partial charge in [0.15, 0.2) is 5.78 Å². The number of nitrogens with zero attached hydrogens (tertiary/aromatic N) is 1. The molecule has 0 aromatic heterocycles. The number of halogens is 1. The van der Waals surface area contributed by atoms with Crippen molar-refractivity contribution < 1.29 is 37.0 Å². The van der Waals surface area contributed by atoms with Crippen LogP contribution in [0.5, 0.6) is 0 Å². The minimum Gasteiger partial charge on any atom is -0.444 e. The van der Waals surface area contributed by atoms with E-state index in [1.807, 2.05) is 91.0 Å². The molecule has 0 radical (unpaired) electrons. The second kappa shape index (κ2) is 20.3. The third-order valence-corrected chi connectivity index (χ3v) is 10.9. The summed E-state index contributed by atoms with van der Waals surface area (Å²) in [6.45, 7) is 4.61. The van der Waals surface area contributed by atoms with E-state index >= 15 is 4.39 Å². The van der Waals surface area contributed by atoms with Gasteiger partial charge in [-0.3, -0.25) is 4.79 Å². The van der Waals surface area contributed by atoms with E-state index in [2.05, 4.69) is 4.72 Å². The molecule has 0 aliphatic carbocycles. The number of aliphatic hydroxyl groups is 1. The highest BCUT2D eigenvalue weighted by Crippen LogP contribution is 2.32. The summed E-state index contributed by atoms with van der Waals surface area (Å²) in [4.78, 5) is 29.1. The fourth-order valence-corrected chi connectivity index (χ4v) is 7.98. The normalized spacial score (nSPS) is 12.9. The number of aliphatic hydroxyl groups excluding tert-OH is 1. The van der Waals surface area contributed by atoms with E-state index in [-0.39, 0.29) is 55.2 Å². The standard InChI is InChI=1S/C46H51FN2O7S/c1-46(2,3)56-45(52)49(29-30-50)32-38(48-57(53,54)39-24-14-7-15-25-39)27-28-40-37(23-16-26-41(40)47)31-42(51)44(55-33-34-17-8-4-9-18-34)43(35-19-10-5-11-20-35)36-21-12-6-13-22-36/h4-26,38,43-44,48,50H,27-33H2,1-3H3/t38-,44?/m0/s1. The van der Waals surface area contributed by atoms with Crippen LogP contribution in [-0.2, 0) is 43.7 Å². The molecule has 300 valence electrons. The number of ketones is 1. The second-order valence-electron chi connectivity index (χ2n) is 14.9. The van der Waals surface area contributed by atoms with Gasteiger partial charge in [-0.2, -0.15) is 0 Å². The second-order valence-corrected chi connectivity index (χ2v) is 16.6. The average molecular weight is 795 g/mol. The molecule has 5 aromatic rings. The zero-order valence-corrected chi connectivity index (χ0v) is 33.4. The van der Waals surface area contributed by atoms with E-state index in [4.69, 9.17) is 9.47 Å². The molecule has 0 bridgehead atoms. The smallest absolute Gasteiger partial charge is 0.410 e. The van der Waals surface area contributed by atoms with Crippen molar-refractivity contribution in [3.8, 4) is 0 Å². The van der Waals surface area contributed by atoms with E-state index < -0.39 is 52.2 Å². The summed E-state index contributed by atoms with van der Waals surface area (Å²) >= 11 is 0. The Morgan fingerprint density at radius 1 is 0.789 bits per heavy atom. The number of sulfonamides is 1. The topological polar surface area (TPSA) is 122 Å². The lowest BCUT2D eigenvalue weighted by Crippen LogP contribution is -2.48. The summed E-state index contributed by atoms with van der Waals surface area (Å²) in [5.41, 5.74) is 2.52. The summed E-state index contributed by atoms with van der Waals surface area (Å²) in [6.07, 6.45) is -1.77. The Bertz CT molecular complexity index is 2090. The number of nitrogens with one attached hydrogen (secondary N) is 1. The van der Waals surface area contributed by atoms with Crippen molar-refractivity contribution >= 4 is 21.9 Å². The SMILES string of the molecule is CC(C)(C)OC(=O)N(CCO)C[C@H](CCc1c(F)cccc1CC(=O)C(OCc1ccccc1)C(c1ccccc1)c1ccccc1)NS(=O)(=O)c1ccccc1. The molecule has 57 heavy (non-hydrogen) atoms. The van der Waals surface area contributed by atoms with Crippen LogP contribution >= 0.6 is 0 Å². The molecule has 0 aliphatic heterocycles. The average Bonchev–Trinajstić information content (AvgIpc) is 3.19. The van der Waals surface area contributed by atoms with Gasteiger partial charge in [-0.15, -0.1) is 0 Å². The molecule has 5 aromatic carbocycles. The lowest BCUT2D eigenvalue weighted by molar-refractivity contribution is -0.131. The monoisotopic (exact) mass is 794 g/mol. The van der Waals surface area contributed by atoms with Crippen LogP contribution in [0, 0.1) is 5.82 Å². The molecule has 9 nitrogen and oxygen atoms in total. The fourth-order valence-electron chi connectivity index (χ4n) is 6.70. The fraction of sp³-hybridized carbons (Fsp3) is 0.304. The molecule has 0 heterocycles. The maximum absolute atomic E-state index is 15.9. The van der Waals surface area contributed by atoms with Gasteiger partial charge >= 0.3 is 6.09 Å². The first-order valence-electron chi connectivity index (χ1n) is 19.0. The molecule has 0 saturated heterocycles. The molecule has 11 heteroatoms. The molecule has 0 saturated carbocycles. The number of hydrogen-bond donors (Lipinski definition) is 2. The molecule has 5 rings (SSSR count). The zero-order chi connectivity index (χ0) is 40.8. The zero-order valence-electron chi connectivity index (χ0n) is 32.6. The molecule has 0 aliphatic rings. The van der Waals surface area contributed by atoms with E-state index in [9.17, 15) is 23.1 Å². The summed E-state index contributed by atoms with van der Waals surface area (Å²) < 4.78 is 57.9. The van der Waals surface area contributed by atoms with Crippen molar-refractivity contribution in [2.75, 3.05) is 19.7 Å². The van der Waals surface area contributed by atoms with Crippen LogP contribution in [0.15, 0.2) is 144 Å². The van der Waals surface area contributed by atoms with Crippen molar-refractivity contribution in [1.29, 1.82) is 0 Å². The van der Waals surface area contributed by atoms with Gasteiger partial charge in [0.1, 0.15) is 17.5 Å². The van der Waals surface area contributed by atoms with Crippen LogP contribution in [0.25, 0.3) is 0 Å². The Hall–Kier alpha value is -5.20. The first-order valence-corrected chi connectivity index (χ1v) is 20.5. The lowest BCUT2D eigenvalue weighted by Gasteiger charge is -2.30. The third kappa shape index (κ3) is 12.6.